The third-order valence-electron chi connectivity index (χ3n) is 2.22. The number of aromatic nitrogens is 1. The maximum absolute atomic E-state index is 11.4. The van der Waals surface area contributed by atoms with Gasteiger partial charge in [-0.2, -0.15) is 0 Å². The Morgan fingerprint density at radius 3 is 2.77 bits per heavy atom. The zero-order valence-corrected chi connectivity index (χ0v) is 8.21. The Labute approximate surface area is 78.2 Å². The van der Waals surface area contributed by atoms with Crippen LogP contribution in [-0.4, -0.2) is 4.57 Å². The molecule has 0 saturated heterocycles. The van der Waals surface area contributed by atoms with Gasteiger partial charge < -0.3 is 10.3 Å². The molecule has 0 aromatic carbocycles. The first-order valence-corrected chi connectivity index (χ1v) is 4.61. The van der Waals surface area contributed by atoms with Gasteiger partial charge in [0.1, 0.15) is 0 Å². The highest BCUT2D eigenvalue weighted by atomic mass is 16.1. The van der Waals surface area contributed by atoms with E-state index in [0.29, 0.717) is 5.69 Å². The molecule has 0 fully saturated rings. The largest absolute Gasteiger partial charge is 0.394 e. The number of unbranched alkanes of at least 4 members (excludes halogenated alkanes) is 1. The van der Waals surface area contributed by atoms with Crippen molar-refractivity contribution in [3.63, 3.8) is 0 Å². The summed E-state index contributed by atoms with van der Waals surface area (Å²) in [5.41, 5.74) is 6.77. The lowest BCUT2D eigenvalue weighted by Gasteiger charge is -2.07. The molecule has 1 heterocycles. The van der Waals surface area contributed by atoms with Crippen molar-refractivity contribution in [3.05, 3.63) is 28.2 Å². The van der Waals surface area contributed by atoms with Gasteiger partial charge in [0.15, 0.2) is 0 Å². The standard InChI is InChI=1S/C10H16N2O/c1-3-4-5-8-6-7-9(11)10(13)12(8)2/h6-7H,3-5,11H2,1-2H3. The van der Waals surface area contributed by atoms with E-state index in [1.165, 1.54) is 0 Å². The molecular weight excluding hydrogens is 164 g/mol. The van der Waals surface area contributed by atoms with Gasteiger partial charge in [-0.05, 0) is 25.0 Å². The predicted molar refractivity (Wildman–Crippen MR) is 54.7 cm³/mol. The van der Waals surface area contributed by atoms with Crippen LogP contribution in [0.25, 0.3) is 0 Å². The van der Waals surface area contributed by atoms with Gasteiger partial charge in [-0.3, -0.25) is 4.79 Å². The summed E-state index contributed by atoms with van der Waals surface area (Å²) < 4.78 is 1.63. The zero-order chi connectivity index (χ0) is 9.84. The molecule has 0 atom stereocenters. The second-order valence-corrected chi connectivity index (χ2v) is 3.25. The molecule has 0 aliphatic carbocycles. The summed E-state index contributed by atoms with van der Waals surface area (Å²) in [5.74, 6) is 0. The van der Waals surface area contributed by atoms with Crippen LogP contribution in [-0.2, 0) is 13.5 Å². The van der Waals surface area contributed by atoms with Crippen LogP contribution >= 0.6 is 0 Å². The Bertz CT molecular complexity index is 341. The van der Waals surface area contributed by atoms with Crippen LogP contribution < -0.4 is 11.3 Å². The maximum atomic E-state index is 11.4. The minimum atomic E-state index is -0.0893. The van der Waals surface area contributed by atoms with Crippen LogP contribution in [0.1, 0.15) is 25.5 Å². The van der Waals surface area contributed by atoms with E-state index in [-0.39, 0.29) is 5.56 Å². The lowest BCUT2D eigenvalue weighted by atomic mass is 10.2. The summed E-state index contributed by atoms with van der Waals surface area (Å²) in [6.07, 6.45) is 3.19. The number of rotatable bonds is 3. The highest BCUT2D eigenvalue weighted by Crippen LogP contribution is 2.03. The fourth-order valence-corrected chi connectivity index (χ4v) is 1.30. The number of nitrogen functional groups attached to an aromatic ring is 1. The van der Waals surface area contributed by atoms with Crippen molar-refractivity contribution >= 4 is 5.69 Å². The molecule has 0 saturated carbocycles. The molecule has 0 amide bonds. The van der Waals surface area contributed by atoms with Crippen molar-refractivity contribution in [1.29, 1.82) is 0 Å². The van der Waals surface area contributed by atoms with E-state index in [4.69, 9.17) is 5.73 Å². The summed E-state index contributed by atoms with van der Waals surface area (Å²) in [5, 5.41) is 0. The highest BCUT2D eigenvalue weighted by molar-refractivity contribution is 5.35. The number of hydrogen-bond acceptors (Lipinski definition) is 2. The van der Waals surface area contributed by atoms with Gasteiger partial charge in [-0.1, -0.05) is 13.3 Å². The van der Waals surface area contributed by atoms with Crippen molar-refractivity contribution in [3.8, 4) is 0 Å². The summed E-state index contributed by atoms with van der Waals surface area (Å²) in [7, 11) is 1.77. The van der Waals surface area contributed by atoms with E-state index in [9.17, 15) is 4.79 Å². The van der Waals surface area contributed by atoms with E-state index >= 15 is 0 Å². The van der Waals surface area contributed by atoms with E-state index in [0.717, 1.165) is 25.0 Å². The van der Waals surface area contributed by atoms with E-state index < -0.39 is 0 Å². The second kappa shape index (κ2) is 4.12. The smallest absolute Gasteiger partial charge is 0.273 e. The molecule has 1 aromatic heterocycles. The van der Waals surface area contributed by atoms with E-state index in [1.807, 2.05) is 6.07 Å². The molecule has 0 radical (unpaired) electrons. The molecular formula is C10H16N2O. The van der Waals surface area contributed by atoms with Crippen molar-refractivity contribution < 1.29 is 0 Å². The van der Waals surface area contributed by atoms with Crippen LogP contribution in [0, 0.1) is 0 Å². The van der Waals surface area contributed by atoms with Crippen LogP contribution in [0.2, 0.25) is 0 Å². The SMILES string of the molecule is CCCCc1ccc(N)c(=O)n1C. The van der Waals surface area contributed by atoms with Crippen LogP contribution in [0.4, 0.5) is 5.69 Å². The third-order valence-corrected chi connectivity index (χ3v) is 2.22. The van der Waals surface area contributed by atoms with Gasteiger partial charge in [0.2, 0.25) is 0 Å². The molecule has 1 rings (SSSR count). The average molecular weight is 180 g/mol. The van der Waals surface area contributed by atoms with E-state index in [1.54, 1.807) is 17.7 Å². The van der Waals surface area contributed by atoms with Crippen LogP contribution in [0.5, 0.6) is 0 Å². The molecule has 0 bridgehead atoms. The number of nitrogens with two attached hydrogens (primary N) is 1. The topological polar surface area (TPSA) is 48.0 Å². The zero-order valence-electron chi connectivity index (χ0n) is 8.21. The Morgan fingerprint density at radius 2 is 2.15 bits per heavy atom. The van der Waals surface area contributed by atoms with Crippen molar-refractivity contribution in [2.24, 2.45) is 7.05 Å². The predicted octanol–water partition coefficient (Wildman–Crippen LogP) is 1.31. The summed E-state index contributed by atoms with van der Waals surface area (Å²) in [6, 6.07) is 3.61. The Hall–Kier alpha value is -1.25. The number of nitrogens with zero attached hydrogens (tertiary/aromatic N) is 1. The molecule has 0 aliphatic heterocycles. The average Bonchev–Trinajstić information content (AvgIpc) is 2.13. The molecule has 3 heteroatoms. The van der Waals surface area contributed by atoms with Gasteiger partial charge in [-0.15, -0.1) is 0 Å². The van der Waals surface area contributed by atoms with Gasteiger partial charge in [0.05, 0.1) is 5.69 Å². The lowest BCUT2D eigenvalue weighted by Crippen LogP contribution is -2.22. The number of aryl methyl sites for hydroxylation is 1. The van der Waals surface area contributed by atoms with Gasteiger partial charge in [-0.25, -0.2) is 0 Å². The second-order valence-electron chi connectivity index (χ2n) is 3.25. The quantitative estimate of drug-likeness (QED) is 0.762. The normalized spacial score (nSPS) is 10.3. The Kier molecular flexibility index (Phi) is 3.12. The monoisotopic (exact) mass is 180 g/mol. The highest BCUT2D eigenvalue weighted by Gasteiger charge is 2.01. The van der Waals surface area contributed by atoms with Crippen LogP contribution in [0.3, 0.4) is 0 Å². The van der Waals surface area contributed by atoms with Crippen molar-refractivity contribution in [1.82, 2.24) is 4.57 Å². The van der Waals surface area contributed by atoms with Gasteiger partial charge in [0, 0.05) is 12.7 Å². The first-order valence-electron chi connectivity index (χ1n) is 4.61. The molecule has 72 valence electrons. The third kappa shape index (κ3) is 2.11. The first kappa shape index (κ1) is 9.84. The lowest BCUT2D eigenvalue weighted by molar-refractivity contribution is 0.710. The molecule has 0 spiro atoms. The minimum absolute atomic E-state index is 0.0893. The number of anilines is 1. The van der Waals surface area contributed by atoms with Crippen LogP contribution in [0.15, 0.2) is 16.9 Å². The molecule has 2 N–H and O–H groups in total. The number of hydrogen-bond donors (Lipinski definition) is 1. The van der Waals surface area contributed by atoms with Crippen molar-refractivity contribution in [2.45, 2.75) is 26.2 Å². The fourth-order valence-electron chi connectivity index (χ4n) is 1.30. The Morgan fingerprint density at radius 1 is 1.46 bits per heavy atom. The molecule has 13 heavy (non-hydrogen) atoms. The van der Waals surface area contributed by atoms with Gasteiger partial charge >= 0.3 is 0 Å². The first-order chi connectivity index (χ1) is 6.16. The Balaban J connectivity index is 2.97. The number of pyridine rings is 1. The summed E-state index contributed by atoms with van der Waals surface area (Å²) in [6.45, 7) is 2.13. The fraction of sp³-hybridized carbons (Fsp3) is 0.500. The van der Waals surface area contributed by atoms with E-state index in [2.05, 4.69) is 6.92 Å². The molecule has 0 unspecified atom stereocenters. The molecule has 1 aromatic rings. The summed E-state index contributed by atoms with van der Waals surface area (Å²) >= 11 is 0. The summed E-state index contributed by atoms with van der Waals surface area (Å²) in [4.78, 5) is 11.4. The molecule has 0 aliphatic rings. The molecule has 3 nitrogen and oxygen atoms in total. The minimum Gasteiger partial charge on any atom is -0.394 e. The van der Waals surface area contributed by atoms with Crippen molar-refractivity contribution in [2.75, 3.05) is 5.73 Å². The maximum Gasteiger partial charge on any atom is 0.273 e. The van der Waals surface area contributed by atoms with Gasteiger partial charge in [0.25, 0.3) is 5.56 Å².